The van der Waals surface area contributed by atoms with Crippen LogP contribution in [0, 0.1) is 0 Å². The Hall–Kier alpha value is -3.01. The molecule has 3 heteroatoms. The van der Waals surface area contributed by atoms with E-state index < -0.39 is 0 Å². The lowest BCUT2D eigenvalue weighted by molar-refractivity contribution is 0.277. The van der Waals surface area contributed by atoms with Crippen LogP contribution in [-0.4, -0.2) is 21.3 Å². The van der Waals surface area contributed by atoms with Gasteiger partial charge in [-0.3, -0.25) is 0 Å². The van der Waals surface area contributed by atoms with Crippen LogP contribution in [0.5, 0.6) is 0 Å². The van der Waals surface area contributed by atoms with E-state index in [4.69, 9.17) is 4.42 Å². The number of hydrogen-bond donors (Lipinski definition) is 1. The molecular formula is C24H26NO2+. The molecule has 0 aliphatic carbocycles. The second-order valence-electron chi connectivity index (χ2n) is 5.68. The minimum absolute atomic E-state index is 0.909. The van der Waals surface area contributed by atoms with Gasteiger partial charge < -0.3 is 10.5 Å². The third-order valence-corrected chi connectivity index (χ3v) is 3.91. The van der Waals surface area contributed by atoms with Crippen LogP contribution in [0.4, 0.5) is 0 Å². The highest BCUT2D eigenvalue weighted by molar-refractivity contribution is 5.93. The molecule has 0 bridgehead atoms. The van der Waals surface area contributed by atoms with Gasteiger partial charge in [0.05, 0.1) is 5.39 Å². The zero-order chi connectivity index (χ0) is 19.5. The van der Waals surface area contributed by atoms with E-state index in [1.54, 1.807) is 20.5 Å². The molecule has 0 aliphatic rings. The molecule has 0 aliphatic heterocycles. The van der Waals surface area contributed by atoms with Crippen molar-refractivity contribution in [3.8, 4) is 22.3 Å². The van der Waals surface area contributed by atoms with Crippen molar-refractivity contribution < 1.29 is 9.15 Å². The molecule has 1 heterocycles. The molecule has 0 spiro atoms. The number of ether oxygens (including phenoxy) is 1. The smallest absolute Gasteiger partial charge is 0.360 e. The molecule has 4 aromatic rings. The first-order valence-corrected chi connectivity index (χ1v) is 8.77. The summed E-state index contributed by atoms with van der Waals surface area (Å²) in [6.45, 7) is 0. The first-order valence-electron chi connectivity index (χ1n) is 8.77. The van der Waals surface area contributed by atoms with Crippen molar-refractivity contribution in [2.45, 2.75) is 0 Å². The fraction of sp³-hybridized carbons (Fsp3) is 0.125. The average molecular weight is 360 g/mol. The van der Waals surface area contributed by atoms with Crippen LogP contribution in [0.1, 0.15) is 0 Å². The number of methoxy groups -OCH3 is 1. The van der Waals surface area contributed by atoms with Crippen molar-refractivity contribution >= 4 is 11.0 Å². The summed E-state index contributed by atoms with van der Waals surface area (Å²) in [7, 11) is 4.75. The van der Waals surface area contributed by atoms with Crippen molar-refractivity contribution in [3.63, 3.8) is 0 Å². The van der Waals surface area contributed by atoms with E-state index in [1.807, 2.05) is 24.3 Å². The Morgan fingerprint density at radius 3 is 1.89 bits per heavy atom. The molecule has 0 amide bonds. The summed E-state index contributed by atoms with van der Waals surface area (Å²) in [5, 5.41) is 1.14. The first-order chi connectivity index (χ1) is 13.3. The van der Waals surface area contributed by atoms with Gasteiger partial charge in [-0.25, -0.2) is 4.42 Å². The maximum Gasteiger partial charge on any atom is 0.360 e. The van der Waals surface area contributed by atoms with Gasteiger partial charge in [0.2, 0.25) is 0 Å². The third-order valence-electron chi connectivity index (χ3n) is 3.91. The molecule has 2 N–H and O–H groups in total. The fourth-order valence-electron chi connectivity index (χ4n) is 2.79. The summed E-state index contributed by atoms with van der Waals surface area (Å²) in [4.78, 5) is 0. The van der Waals surface area contributed by atoms with Crippen LogP contribution in [0.15, 0.2) is 95.6 Å². The fourth-order valence-corrected chi connectivity index (χ4v) is 2.79. The molecule has 0 unspecified atom stereocenters. The van der Waals surface area contributed by atoms with E-state index in [-0.39, 0.29) is 0 Å². The Balaban J connectivity index is 0.000000478. The molecule has 0 atom stereocenters. The van der Waals surface area contributed by atoms with E-state index >= 15 is 0 Å². The van der Waals surface area contributed by atoms with Gasteiger partial charge in [-0.1, -0.05) is 66.7 Å². The zero-order valence-electron chi connectivity index (χ0n) is 16.1. The molecule has 3 aromatic carbocycles. The van der Waals surface area contributed by atoms with Crippen molar-refractivity contribution in [3.05, 3.63) is 91.2 Å². The Morgan fingerprint density at radius 2 is 1.22 bits per heavy atom. The topological polar surface area (TPSA) is 46.5 Å². The van der Waals surface area contributed by atoms with Gasteiger partial charge >= 0.3 is 11.8 Å². The molecule has 1 aromatic heterocycles. The average Bonchev–Trinajstić information content (AvgIpc) is 2.76. The normalized spacial score (nSPS) is 9.63. The Kier molecular flexibility index (Phi) is 8.17. The zero-order valence-corrected chi connectivity index (χ0v) is 16.1. The molecule has 3 nitrogen and oxygen atoms in total. The number of hydrogen-bond acceptors (Lipinski definition) is 2. The monoisotopic (exact) mass is 360 g/mol. The number of benzene rings is 3. The molecule has 4 rings (SSSR count). The Bertz CT molecular complexity index is 930. The molecule has 0 fully saturated rings. The minimum atomic E-state index is 0.909. The van der Waals surface area contributed by atoms with Crippen molar-refractivity contribution in [1.29, 1.82) is 0 Å². The van der Waals surface area contributed by atoms with E-state index in [0.29, 0.717) is 0 Å². The van der Waals surface area contributed by atoms with Gasteiger partial charge in [-0.15, -0.1) is 0 Å². The predicted octanol–water partition coefficient (Wildman–Crippen LogP) is 5.89. The molecule has 0 saturated heterocycles. The predicted molar refractivity (Wildman–Crippen MR) is 115 cm³/mol. The molecule has 138 valence electrons. The highest BCUT2D eigenvalue weighted by Gasteiger charge is 2.10. The minimum Gasteiger partial charge on any atom is -0.388 e. The van der Waals surface area contributed by atoms with Gasteiger partial charge in [-0.05, 0) is 35.4 Å². The standard InChI is InChI=1S/C21H15O.C2H6O.CH5N/c1-2-6-16(7-3-1)17-11-13-18(14-12-17)19-8-4-10-21-20(19)9-5-15-22-21;1-3-2;1-2/h1-15H;1-2H3;2H2,1H3/q+1;;. The maximum atomic E-state index is 5.57. The van der Waals surface area contributed by atoms with E-state index in [1.165, 1.54) is 29.3 Å². The highest BCUT2D eigenvalue weighted by Crippen LogP contribution is 2.30. The maximum absolute atomic E-state index is 5.57. The van der Waals surface area contributed by atoms with Crippen LogP contribution in [-0.2, 0) is 4.74 Å². The van der Waals surface area contributed by atoms with Crippen molar-refractivity contribution in [2.24, 2.45) is 5.73 Å². The van der Waals surface area contributed by atoms with Crippen LogP contribution < -0.4 is 5.73 Å². The number of rotatable bonds is 2. The van der Waals surface area contributed by atoms with Gasteiger partial charge in [0.25, 0.3) is 0 Å². The lowest BCUT2D eigenvalue weighted by Gasteiger charge is -2.05. The second kappa shape index (κ2) is 10.9. The molecular weight excluding hydrogens is 334 g/mol. The third kappa shape index (κ3) is 5.23. The first kappa shape index (κ1) is 20.3. The molecule has 0 saturated carbocycles. The molecule has 27 heavy (non-hydrogen) atoms. The van der Waals surface area contributed by atoms with Crippen molar-refractivity contribution in [1.82, 2.24) is 0 Å². The van der Waals surface area contributed by atoms with Gasteiger partial charge in [0, 0.05) is 26.4 Å². The van der Waals surface area contributed by atoms with Crippen LogP contribution in [0.3, 0.4) is 0 Å². The summed E-state index contributed by atoms with van der Waals surface area (Å²) in [5.41, 5.74) is 10.3. The largest absolute Gasteiger partial charge is 0.388 e. The van der Waals surface area contributed by atoms with E-state index in [2.05, 4.69) is 71.1 Å². The van der Waals surface area contributed by atoms with Crippen molar-refractivity contribution in [2.75, 3.05) is 21.3 Å². The van der Waals surface area contributed by atoms with Crippen LogP contribution in [0.2, 0.25) is 0 Å². The van der Waals surface area contributed by atoms with Gasteiger partial charge in [0.15, 0.2) is 0 Å². The Morgan fingerprint density at radius 1 is 0.630 bits per heavy atom. The van der Waals surface area contributed by atoms with Crippen LogP contribution >= 0.6 is 0 Å². The van der Waals surface area contributed by atoms with E-state index in [0.717, 1.165) is 11.0 Å². The molecule has 0 radical (unpaired) electrons. The van der Waals surface area contributed by atoms with Gasteiger partial charge in [-0.2, -0.15) is 0 Å². The SMILES string of the molecule is CN.COC.c1ccc(-c2ccc(-c3cccc4[o+]cccc34)cc2)cc1. The summed E-state index contributed by atoms with van der Waals surface area (Å²) in [6.07, 6.45) is 1.71. The summed E-state index contributed by atoms with van der Waals surface area (Å²) < 4.78 is 9.82. The quantitative estimate of drug-likeness (QED) is 0.454. The highest BCUT2D eigenvalue weighted by atomic mass is 16.4. The summed E-state index contributed by atoms with van der Waals surface area (Å²) in [6, 6.07) is 29.3. The van der Waals surface area contributed by atoms with E-state index in [9.17, 15) is 0 Å². The van der Waals surface area contributed by atoms with Crippen LogP contribution in [0.25, 0.3) is 33.2 Å². The summed E-state index contributed by atoms with van der Waals surface area (Å²) >= 11 is 0. The lowest BCUT2D eigenvalue weighted by atomic mass is 9.98. The number of fused-ring (bicyclic) bond motifs is 1. The second-order valence-corrected chi connectivity index (χ2v) is 5.68. The van der Waals surface area contributed by atoms with Gasteiger partial charge in [0.1, 0.15) is 0 Å². The number of nitrogens with two attached hydrogens (primary N) is 1. The lowest BCUT2D eigenvalue weighted by Crippen LogP contribution is -1.82. The Labute approximate surface area is 161 Å². The summed E-state index contributed by atoms with van der Waals surface area (Å²) in [5.74, 6) is 0.